The fourth-order valence-corrected chi connectivity index (χ4v) is 8.81. The maximum Gasteiger partial charge on any atom is 0.488 e. The second kappa shape index (κ2) is 18.0. The van der Waals surface area contributed by atoms with Crippen LogP contribution in [0.4, 0.5) is 0 Å². The predicted molar refractivity (Wildman–Crippen MR) is 264 cm³/mol. The molecule has 0 unspecified atom stereocenters. The Bertz CT molecular complexity index is 3150. The smallest absolute Gasteiger partial charge is 0.423 e. The highest BCUT2D eigenvalue weighted by atomic mass is 79.9. The zero-order valence-corrected chi connectivity index (χ0v) is 36.2. The zero-order chi connectivity index (χ0) is 41.7. The first-order valence-electron chi connectivity index (χ1n) is 20.0. The lowest BCUT2D eigenvalue weighted by atomic mass is 9.81. The fourth-order valence-electron chi connectivity index (χ4n) is 8.04. The van der Waals surface area contributed by atoms with Crippen molar-refractivity contribution in [2.45, 2.75) is 0 Å². The van der Waals surface area contributed by atoms with E-state index in [1.807, 2.05) is 12.1 Å². The fraction of sp³-hybridized carbons (Fsp3) is 0. The molecule has 2 heterocycles. The maximum atomic E-state index is 8.58. The van der Waals surface area contributed by atoms with Crippen molar-refractivity contribution in [3.63, 3.8) is 0 Å². The van der Waals surface area contributed by atoms with Gasteiger partial charge in [-0.15, -0.1) is 0 Å². The third kappa shape index (κ3) is 8.21. The van der Waals surface area contributed by atoms with Crippen molar-refractivity contribution in [3.8, 4) is 33.6 Å². The summed E-state index contributed by atoms with van der Waals surface area (Å²) in [5.41, 5.74) is 12.7. The van der Waals surface area contributed by atoms with Crippen molar-refractivity contribution >= 4 is 88.1 Å². The summed E-state index contributed by atoms with van der Waals surface area (Å²) < 4.78 is 6.87. The van der Waals surface area contributed by atoms with E-state index in [9.17, 15) is 0 Å². The molecule has 2 aromatic heterocycles. The van der Waals surface area contributed by atoms with Crippen LogP contribution in [0.25, 0.3) is 77.2 Å². The minimum Gasteiger partial charge on any atom is -0.423 e. The van der Waals surface area contributed by atoms with Gasteiger partial charge in [0, 0.05) is 36.1 Å². The first kappa shape index (κ1) is 40.0. The van der Waals surface area contributed by atoms with Gasteiger partial charge in [0.15, 0.2) is 0 Å². The standard InChI is InChI=1S/C30H21N.C18H11Br2N.C6H7BO2/c1-3-11-22(12-4-1)24-19-20-25(23-13-5-2-6-14-23)30(21-24)31-28-17-9-7-15-26(28)27-16-8-10-18-29(27)31;19-12-9-10-15(20)18(11-12)21-16-7-3-1-5-13(16)14-6-2-4-8-17(14)21;8-7(9)6-4-2-1-3-5-6/h1-21H;1-11H;1-5,8-9H. The molecule has 0 radical (unpaired) electrons. The summed E-state index contributed by atoms with van der Waals surface area (Å²) in [6.45, 7) is 0. The second-order valence-electron chi connectivity index (χ2n) is 14.6. The number of nitrogens with zero attached hydrogens (tertiary/aromatic N) is 2. The van der Waals surface area contributed by atoms with E-state index in [0.29, 0.717) is 5.46 Å². The Kier molecular flexibility index (Phi) is 11.8. The predicted octanol–water partition coefficient (Wildman–Crippen LogP) is 13.8. The summed E-state index contributed by atoms with van der Waals surface area (Å²) in [7, 11) is -1.34. The van der Waals surface area contributed by atoms with E-state index in [1.165, 1.54) is 71.6 Å². The highest BCUT2D eigenvalue weighted by Gasteiger charge is 2.17. The number of benzene rings is 9. The molecule has 0 bridgehead atoms. The van der Waals surface area contributed by atoms with Crippen LogP contribution in [-0.4, -0.2) is 26.3 Å². The number of halogens is 2. The number of para-hydroxylation sites is 4. The number of hydrogen-bond acceptors (Lipinski definition) is 2. The highest BCUT2D eigenvalue weighted by Crippen LogP contribution is 2.39. The summed E-state index contributed by atoms with van der Waals surface area (Å²) in [6.07, 6.45) is 0. The molecular formula is C54H39BBr2N2O2. The van der Waals surface area contributed by atoms with E-state index in [4.69, 9.17) is 10.0 Å². The van der Waals surface area contributed by atoms with Crippen LogP contribution in [0.2, 0.25) is 0 Å². The Balaban J connectivity index is 0.000000136. The maximum absolute atomic E-state index is 8.58. The van der Waals surface area contributed by atoms with Gasteiger partial charge >= 0.3 is 7.12 Å². The van der Waals surface area contributed by atoms with E-state index in [-0.39, 0.29) is 0 Å². The van der Waals surface area contributed by atoms with Crippen LogP contribution in [-0.2, 0) is 0 Å². The second-order valence-corrected chi connectivity index (χ2v) is 16.4. The number of hydrogen-bond donors (Lipinski definition) is 2. The minimum atomic E-state index is -1.34. The van der Waals surface area contributed by atoms with Gasteiger partial charge in [-0.25, -0.2) is 0 Å². The Hall–Kier alpha value is -6.48. The number of fused-ring (bicyclic) bond motifs is 6. The molecule has 0 aliphatic carbocycles. The minimum absolute atomic E-state index is 0.525. The van der Waals surface area contributed by atoms with Gasteiger partial charge < -0.3 is 19.2 Å². The molecule has 0 atom stereocenters. The molecule has 0 aliphatic heterocycles. The normalized spacial score (nSPS) is 11.0. The lowest BCUT2D eigenvalue weighted by Crippen LogP contribution is -2.29. The average molecular weight is 919 g/mol. The topological polar surface area (TPSA) is 50.3 Å². The Morgan fingerprint density at radius 3 is 1.21 bits per heavy atom. The zero-order valence-electron chi connectivity index (χ0n) is 33.0. The molecule has 61 heavy (non-hydrogen) atoms. The molecule has 0 aliphatic rings. The third-order valence-corrected chi connectivity index (χ3v) is 12.0. The Morgan fingerprint density at radius 2 is 0.754 bits per heavy atom. The van der Waals surface area contributed by atoms with Gasteiger partial charge in [0.25, 0.3) is 0 Å². The molecule has 11 rings (SSSR count). The van der Waals surface area contributed by atoms with E-state index in [2.05, 4.69) is 229 Å². The number of aromatic nitrogens is 2. The van der Waals surface area contributed by atoms with Gasteiger partial charge in [0.05, 0.1) is 33.4 Å². The number of rotatable bonds is 5. The molecule has 9 aromatic carbocycles. The molecule has 7 heteroatoms. The Morgan fingerprint density at radius 1 is 0.344 bits per heavy atom. The first-order valence-corrected chi connectivity index (χ1v) is 21.6. The molecule has 4 nitrogen and oxygen atoms in total. The van der Waals surface area contributed by atoms with Gasteiger partial charge in [-0.1, -0.05) is 192 Å². The van der Waals surface area contributed by atoms with Gasteiger partial charge in [0.1, 0.15) is 0 Å². The van der Waals surface area contributed by atoms with Crippen molar-refractivity contribution < 1.29 is 10.0 Å². The van der Waals surface area contributed by atoms with Crippen LogP contribution in [0.1, 0.15) is 0 Å². The van der Waals surface area contributed by atoms with Crippen LogP contribution < -0.4 is 5.46 Å². The molecule has 0 saturated heterocycles. The van der Waals surface area contributed by atoms with Crippen LogP contribution in [0.3, 0.4) is 0 Å². The van der Waals surface area contributed by atoms with Crippen LogP contribution >= 0.6 is 31.9 Å². The molecule has 0 saturated carbocycles. The van der Waals surface area contributed by atoms with E-state index < -0.39 is 7.12 Å². The first-order chi connectivity index (χ1) is 30.0. The van der Waals surface area contributed by atoms with Crippen LogP contribution in [0.5, 0.6) is 0 Å². The summed E-state index contributed by atoms with van der Waals surface area (Å²) in [6, 6.07) is 77.4. The van der Waals surface area contributed by atoms with Gasteiger partial charge in [-0.2, -0.15) is 0 Å². The van der Waals surface area contributed by atoms with Crippen molar-refractivity contribution in [2.75, 3.05) is 0 Å². The summed E-state index contributed by atoms with van der Waals surface area (Å²) in [4.78, 5) is 0. The SMILES string of the molecule is Brc1ccc(Br)c(-n2c3ccccc3c3ccccc32)c1.OB(O)c1ccccc1.c1ccc(-c2ccc(-c3ccccc3)c(-n3c4ccccc4c4ccccc43)c2)cc1. The molecule has 0 fully saturated rings. The van der Waals surface area contributed by atoms with Gasteiger partial charge in [-0.05, 0) is 86.6 Å². The molecule has 0 amide bonds. The third-order valence-electron chi connectivity index (χ3n) is 10.8. The molecule has 2 N–H and O–H groups in total. The summed E-state index contributed by atoms with van der Waals surface area (Å²) in [5, 5.41) is 22.3. The largest absolute Gasteiger partial charge is 0.488 e. The van der Waals surface area contributed by atoms with Gasteiger partial charge in [-0.3, -0.25) is 0 Å². The van der Waals surface area contributed by atoms with Crippen molar-refractivity contribution in [2.24, 2.45) is 0 Å². The lowest BCUT2D eigenvalue weighted by Gasteiger charge is -2.16. The average Bonchev–Trinajstić information content (AvgIpc) is 3.84. The van der Waals surface area contributed by atoms with Gasteiger partial charge in [0.2, 0.25) is 0 Å². The van der Waals surface area contributed by atoms with E-state index >= 15 is 0 Å². The molecule has 294 valence electrons. The molecular weight excluding hydrogens is 879 g/mol. The summed E-state index contributed by atoms with van der Waals surface area (Å²) >= 11 is 7.26. The summed E-state index contributed by atoms with van der Waals surface area (Å²) in [5.74, 6) is 0. The lowest BCUT2D eigenvalue weighted by molar-refractivity contribution is 0.426. The van der Waals surface area contributed by atoms with E-state index in [1.54, 1.807) is 24.3 Å². The van der Waals surface area contributed by atoms with Crippen molar-refractivity contribution in [1.82, 2.24) is 9.13 Å². The Labute approximate surface area is 372 Å². The quantitative estimate of drug-likeness (QED) is 0.169. The highest BCUT2D eigenvalue weighted by molar-refractivity contribution is 9.11. The van der Waals surface area contributed by atoms with Crippen LogP contribution in [0.15, 0.2) is 233 Å². The van der Waals surface area contributed by atoms with Crippen molar-refractivity contribution in [1.29, 1.82) is 0 Å². The van der Waals surface area contributed by atoms with E-state index in [0.717, 1.165) is 14.6 Å². The van der Waals surface area contributed by atoms with Crippen molar-refractivity contribution in [3.05, 3.63) is 233 Å². The molecule has 0 spiro atoms. The monoisotopic (exact) mass is 916 g/mol. The molecule has 11 aromatic rings. The van der Waals surface area contributed by atoms with Crippen LogP contribution in [0, 0.1) is 0 Å².